The van der Waals surface area contributed by atoms with Crippen molar-refractivity contribution >= 4 is 17.5 Å². The van der Waals surface area contributed by atoms with E-state index in [0.717, 1.165) is 37.1 Å². The molecule has 1 aliphatic carbocycles. The molecule has 22 heavy (non-hydrogen) atoms. The summed E-state index contributed by atoms with van der Waals surface area (Å²) in [6.45, 7) is 4.97. The Morgan fingerprint density at radius 3 is 2.45 bits per heavy atom. The van der Waals surface area contributed by atoms with Gasteiger partial charge >= 0.3 is 0 Å². The molecule has 0 spiro atoms. The average Bonchev–Trinajstić information content (AvgIpc) is 3.20. The van der Waals surface area contributed by atoms with Gasteiger partial charge in [-0.1, -0.05) is 12.1 Å². The highest BCUT2D eigenvalue weighted by Gasteiger charge is 2.33. The number of anilines is 1. The first kappa shape index (κ1) is 15.1. The maximum Gasteiger partial charge on any atom is 0.227 e. The zero-order valence-electron chi connectivity index (χ0n) is 13.4. The third-order valence-corrected chi connectivity index (χ3v) is 4.46. The lowest BCUT2D eigenvalue weighted by Gasteiger charge is -2.27. The van der Waals surface area contributed by atoms with Gasteiger partial charge < -0.3 is 9.80 Å². The maximum absolute atomic E-state index is 12.5. The summed E-state index contributed by atoms with van der Waals surface area (Å²) >= 11 is 0. The molecule has 1 heterocycles. The van der Waals surface area contributed by atoms with E-state index in [1.54, 1.807) is 0 Å². The SMILES string of the molecule is CC(C)N(C(=O)Cc1ccc(N2CCCC2=O)cc1)C1CC1. The van der Waals surface area contributed by atoms with Crippen LogP contribution >= 0.6 is 0 Å². The summed E-state index contributed by atoms with van der Waals surface area (Å²) < 4.78 is 0. The molecule has 1 aliphatic heterocycles. The van der Waals surface area contributed by atoms with Crippen LogP contribution in [0.4, 0.5) is 5.69 Å². The highest BCUT2D eigenvalue weighted by molar-refractivity contribution is 5.95. The van der Waals surface area contributed by atoms with E-state index in [4.69, 9.17) is 0 Å². The molecule has 1 aromatic rings. The first-order valence-corrected chi connectivity index (χ1v) is 8.26. The molecule has 4 nitrogen and oxygen atoms in total. The molecule has 2 aliphatic rings. The summed E-state index contributed by atoms with van der Waals surface area (Å²) in [4.78, 5) is 28.1. The Bertz CT molecular complexity index is 559. The van der Waals surface area contributed by atoms with E-state index in [-0.39, 0.29) is 17.9 Å². The first-order chi connectivity index (χ1) is 10.6. The first-order valence-electron chi connectivity index (χ1n) is 8.26. The van der Waals surface area contributed by atoms with Gasteiger partial charge in [-0.2, -0.15) is 0 Å². The van der Waals surface area contributed by atoms with Crippen molar-refractivity contribution in [2.75, 3.05) is 11.4 Å². The van der Waals surface area contributed by atoms with Crippen LogP contribution in [-0.2, 0) is 16.0 Å². The normalized spacial score (nSPS) is 18.1. The number of hydrogen-bond donors (Lipinski definition) is 0. The van der Waals surface area contributed by atoms with Crippen molar-refractivity contribution in [3.63, 3.8) is 0 Å². The largest absolute Gasteiger partial charge is 0.337 e. The summed E-state index contributed by atoms with van der Waals surface area (Å²) in [7, 11) is 0. The van der Waals surface area contributed by atoms with Crippen molar-refractivity contribution in [1.29, 1.82) is 0 Å². The zero-order valence-corrected chi connectivity index (χ0v) is 13.4. The van der Waals surface area contributed by atoms with Gasteiger partial charge in [-0.15, -0.1) is 0 Å². The number of carbonyl (C=O) groups is 2. The summed E-state index contributed by atoms with van der Waals surface area (Å²) in [5.41, 5.74) is 1.97. The van der Waals surface area contributed by atoms with Crippen LogP contribution in [0.15, 0.2) is 24.3 Å². The van der Waals surface area contributed by atoms with Crippen LogP contribution in [0.25, 0.3) is 0 Å². The standard InChI is InChI=1S/C18H24N2O2/c1-13(2)20(16-9-10-16)18(22)12-14-5-7-15(8-6-14)19-11-3-4-17(19)21/h5-8,13,16H,3-4,9-12H2,1-2H3. The lowest BCUT2D eigenvalue weighted by molar-refractivity contribution is -0.132. The molecule has 1 saturated heterocycles. The van der Waals surface area contributed by atoms with Gasteiger partial charge in [-0.05, 0) is 50.8 Å². The van der Waals surface area contributed by atoms with Gasteiger partial charge in [-0.3, -0.25) is 9.59 Å². The van der Waals surface area contributed by atoms with Crippen molar-refractivity contribution in [2.24, 2.45) is 0 Å². The van der Waals surface area contributed by atoms with Crippen LogP contribution in [0.2, 0.25) is 0 Å². The molecule has 1 saturated carbocycles. The summed E-state index contributed by atoms with van der Waals surface area (Å²) in [5, 5.41) is 0. The van der Waals surface area contributed by atoms with Gasteiger partial charge in [0.05, 0.1) is 6.42 Å². The second kappa shape index (κ2) is 6.11. The molecule has 0 unspecified atom stereocenters. The summed E-state index contributed by atoms with van der Waals surface area (Å²) in [5.74, 6) is 0.408. The zero-order chi connectivity index (χ0) is 15.7. The number of amides is 2. The second-order valence-corrected chi connectivity index (χ2v) is 6.62. The van der Waals surface area contributed by atoms with Crippen LogP contribution in [0.1, 0.15) is 45.1 Å². The Morgan fingerprint density at radius 1 is 1.27 bits per heavy atom. The highest BCUT2D eigenvalue weighted by atomic mass is 16.2. The predicted octanol–water partition coefficient (Wildman–Crippen LogP) is 2.76. The molecule has 0 atom stereocenters. The quantitative estimate of drug-likeness (QED) is 0.839. The van der Waals surface area contributed by atoms with Crippen LogP contribution < -0.4 is 4.90 Å². The van der Waals surface area contributed by atoms with Crippen molar-refractivity contribution < 1.29 is 9.59 Å². The number of carbonyl (C=O) groups excluding carboxylic acids is 2. The molecule has 0 aromatic heterocycles. The highest BCUT2D eigenvalue weighted by Crippen LogP contribution is 2.29. The van der Waals surface area contributed by atoms with Crippen LogP contribution in [-0.4, -0.2) is 35.3 Å². The van der Waals surface area contributed by atoms with Crippen LogP contribution in [0, 0.1) is 0 Å². The average molecular weight is 300 g/mol. The fourth-order valence-electron chi connectivity index (χ4n) is 3.25. The Kier molecular flexibility index (Phi) is 4.19. The van der Waals surface area contributed by atoms with Gasteiger partial charge in [0.1, 0.15) is 0 Å². The van der Waals surface area contributed by atoms with E-state index < -0.39 is 0 Å². The molecular weight excluding hydrogens is 276 g/mol. The lowest BCUT2D eigenvalue weighted by Crippen LogP contribution is -2.39. The lowest BCUT2D eigenvalue weighted by atomic mass is 10.1. The fraction of sp³-hybridized carbons (Fsp3) is 0.556. The number of rotatable bonds is 5. The summed E-state index contributed by atoms with van der Waals surface area (Å²) in [6.07, 6.45) is 4.30. The molecule has 2 fully saturated rings. The van der Waals surface area contributed by atoms with E-state index in [9.17, 15) is 9.59 Å². The topological polar surface area (TPSA) is 40.6 Å². The Balaban J connectivity index is 1.65. The Labute approximate surface area is 132 Å². The molecule has 2 amide bonds. The minimum absolute atomic E-state index is 0.198. The molecule has 118 valence electrons. The van der Waals surface area contributed by atoms with Crippen molar-refractivity contribution in [3.8, 4) is 0 Å². The monoisotopic (exact) mass is 300 g/mol. The molecule has 4 heteroatoms. The third-order valence-electron chi connectivity index (χ3n) is 4.46. The Hall–Kier alpha value is -1.84. The number of benzene rings is 1. The van der Waals surface area contributed by atoms with Crippen LogP contribution in [0.5, 0.6) is 0 Å². The van der Waals surface area contributed by atoms with Crippen LogP contribution in [0.3, 0.4) is 0 Å². The van der Waals surface area contributed by atoms with E-state index >= 15 is 0 Å². The molecule has 0 N–H and O–H groups in total. The van der Waals surface area contributed by atoms with Gasteiger partial charge in [0, 0.05) is 30.7 Å². The van der Waals surface area contributed by atoms with Crippen molar-refractivity contribution in [1.82, 2.24) is 4.90 Å². The molecule has 0 bridgehead atoms. The van der Waals surface area contributed by atoms with Crippen molar-refractivity contribution in [3.05, 3.63) is 29.8 Å². The minimum Gasteiger partial charge on any atom is -0.337 e. The molecular formula is C18H24N2O2. The Morgan fingerprint density at radius 2 is 1.95 bits per heavy atom. The van der Waals surface area contributed by atoms with E-state index in [0.29, 0.717) is 18.9 Å². The molecule has 3 rings (SSSR count). The van der Waals surface area contributed by atoms with Gasteiger partial charge in [-0.25, -0.2) is 0 Å². The number of nitrogens with zero attached hydrogens (tertiary/aromatic N) is 2. The minimum atomic E-state index is 0.198. The van der Waals surface area contributed by atoms with Gasteiger partial charge in [0.2, 0.25) is 11.8 Å². The fourth-order valence-corrected chi connectivity index (χ4v) is 3.25. The third kappa shape index (κ3) is 3.16. The van der Waals surface area contributed by atoms with Crippen molar-refractivity contribution in [2.45, 2.75) is 58.0 Å². The van der Waals surface area contributed by atoms with E-state index in [1.807, 2.05) is 34.1 Å². The second-order valence-electron chi connectivity index (χ2n) is 6.62. The van der Waals surface area contributed by atoms with Gasteiger partial charge in [0.15, 0.2) is 0 Å². The predicted molar refractivity (Wildman–Crippen MR) is 86.7 cm³/mol. The smallest absolute Gasteiger partial charge is 0.227 e. The summed E-state index contributed by atoms with van der Waals surface area (Å²) in [6, 6.07) is 8.59. The molecule has 1 aromatic carbocycles. The van der Waals surface area contributed by atoms with E-state index in [1.165, 1.54) is 0 Å². The number of hydrogen-bond acceptors (Lipinski definition) is 2. The van der Waals surface area contributed by atoms with E-state index in [2.05, 4.69) is 13.8 Å². The molecule has 0 radical (unpaired) electrons. The maximum atomic E-state index is 12.5. The van der Waals surface area contributed by atoms with Gasteiger partial charge in [0.25, 0.3) is 0 Å².